The van der Waals surface area contributed by atoms with E-state index in [-0.39, 0.29) is 0 Å². The smallest absolute Gasteiger partial charge is 0.184 e. The third-order valence-electron chi connectivity index (χ3n) is 1.16. The average molecular weight is 122 g/mol. The van der Waals surface area contributed by atoms with E-state index in [9.17, 15) is 8.60 Å². The Labute approximate surface area is 44.4 Å². The molecule has 3 heteroatoms. The van der Waals surface area contributed by atoms with Crippen LogP contribution in [0.3, 0.4) is 0 Å². The number of alkyl halides is 1. The minimum atomic E-state index is -1.28. The summed E-state index contributed by atoms with van der Waals surface area (Å²) >= 11 is 0. The van der Waals surface area contributed by atoms with Crippen LogP contribution in [0.5, 0.6) is 0 Å². The number of hydrogen-bond acceptors (Lipinski definition) is 1. The molecule has 0 bridgehead atoms. The fourth-order valence-electron chi connectivity index (χ4n) is 0.386. The summed E-state index contributed by atoms with van der Waals surface area (Å²) in [4.78, 5) is 0. The molecule has 0 radical (unpaired) electrons. The molecule has 0 aromatic heterocycles. The monoisotopic (exact) mass is 122 g/mol. The fraction of sp³-hybridized carbons (Fsp3) is 1.00. The normalized spacial score (nSPS) is 29.4. The van der Waals surface area contributed by atoms with Crippen molar-refractivity contribution in [3.8, 4) is 0 Å². The van der Waals surface area contributed by atoms with E-state index >= 15 is 0 Å². The Morgan fingerprint density at radius 2 is 2.14 bits per heavy atom. The Balaban J connectivity index is 2.55. The molecule has 1 rings (SSSR count). The van der Waals surface area contributed by atoms with Crippen LogP contribution in [0.4, 0.5) is 4.39 Å². The Hall–Kier alpha value is 0.0800. The zero-order valence-corrected chi connectivity index (χ0v) is 4.93. The van der Waals surface area contributed by atoms with Crippen molar-refractivity contribution in [2.75, 3.05) is 6.26 Å². The first kappa shape index (κ1) is 5.22. The van der Waals surface area contributed by atoms with Crippen LogP contribution in [-0.4, -0.2) is 15.5 Å². The first-order valence-electron chi connectivity index (χ1n) is 2.18. The second-order valence-corrected chi connectivity index (χ2v) is 3.48. The summed E-state index contributed by atoms with van der Waals surface area (Å²) in [5.41, 5.74) is 0. The molecule has 0 heterocycles. The largest absolute Gasteiger partial charge is 0.257 e. The number of halogens is 1. The Morgan fingerprint density at radius 1 is 1.71 bits per heavy atom. The van der Waals surface area contributed by atoms with Gasteiger partial charge in [-0.05, 0) is 12.8 Å². The SMILES string of the molecule is CS(=O)C1(F)CC1. The zero-order valence-electron chi connectivity index (χ0n) is 4.11. The lowest BCUT2D eigenvalue weighted by molar-refractivity contribution is 0.424. The maximum absolute atomic E-state index is 12.3. The number of rotatable bonds is 1. The van der Waals surface area contributed by atoms with Crippen molar-refractivity contribution in [1.82, 2.24) is 0 Å². The molecule has 0 amide bonds. The molecule has 0 N–H and O–H groups in total. The summed E-state index contributed by atoms with van der Waals surface area (Å²) in [6.45, 7) is 0. The first-order chi connectivity index (χ1) is 3.15. The van der Waals surface area contributed by atoms with Crippen LogP contribution in [0.15, 0.2) is 0 Å². The van der Waals surface area contributed by atoms with Crippen molar-refractivity contribution in [2.24, 2.45) is 0 Å². The lowest BCUT2D eigenvalue weighted by Crippen LogP contribution is -2.05. The van der Waals surface area contributed by atoms with Gasteiger partial charge in [-0.15, -0.1) is 0 Å². The van der Waals surface area contributed by atoms with Crippen molar-refractivity contribution in [1.29, 1.82) is 0 Å². The summed E-state index contributed by atoms with van der Waals surface area (Å²) in [7, 11) is -1.24. The predicted octanol–water partition coefficient (Wildman–Crippen LogP) is 0.825. The molecule has 1 saturated carbocycles. The predicted molar refractivity (Wildman–Crippen MR) is 27.1 cm³/mol. The van der Waals surface area contributed by atoms with Crippen LogP contribution in [0, 0.1) is 0 Å². The molecular weight excluding hydrogens is 115 g/mol. The van der Waals surface area contributed by atoms with Gasteiger partial charge in [0.1, 0.15) is 0 Å². The van der Waals surface area contributed by atoms with Crippen molar-refractivity contribution < 1.29 is 8.60 Å². The van der Waals surface area contributed by atoms with Gasteiger partial charge < -0.3 is 0 Å². The molecule has 1 aliphatic rings. The van der Waals surface area contributed by atoms with Crippen molar-refractivity contribution in [2.45, 2.75) is 17.8 Å². The number of hydrogen-bond donors (Lipinski definition) is 0. The minimum absolute atomic E-state index is 0.496. The van der Waals surface area contributed by atoms with Crippen LogP contribution in [0.1, 0.15) is 12.8 Å². The van der Waals surface area contributed by atoms with Crippen LogP contribution in [-0.2, 0) is 10.8 Å². The van der Waals surface area contributed by atoms with Crippen LogP contribution >= 0.6 is 0 Å². The van der Waals surface area contributed by atoms with Gasteiger partial charge in [0.2, 0.25) is 0 Å². The van der Waals surface area contributed by atoms with E-state index in [2.05, 4.69) is 0 Å². The summed E-state index contributed by atoms with van der Waals surface area (Å²) < 4.78 is 22.6. The van der Waals surface area contributed by atoms with Gasteiger partial charge in [0.15, 0.2) is 5.00 Å². The molecule has 0 aliphatic heterocycles. The molecule has 7 heavy (non-hydrogen) atoms. The molecule has 0 saturated heterocycles. The Bertz CT molecular complexity index is 108. The molecule has 1 aliphatic carbocycles. The van der Waals surface area contributed by atoms with Gasteiger partial charge >= 0.3 is 0 Å². The lowest BCUT2D eigenvalue weighted by atomic mass is 10.9. The van der Waals surface area contributed by atoms with Crippen LogP contribution in [0.2, 0.25) is 0 Å². The summed E-state index contributed by atoms with van der Waals surface area (Å²) in [5, 5.41) is -1.28. The summed E-state index contributed by atoms with van der Waals surface area (Å²) in [5.74, 6) is 0. The van der Waals surface area contributed by atoms with Crippen LogP contribution in [0.25, 0.3) is 0 Å². The Morgan fingerprint density at radius 3 is 2.14 bits per heavy atom. The Kier molecular flexibility index (Phi) is 0.953. The van der Waals surface area contributed by atoms with Gasteiger partial charge in [-0.1, -0.05) is 0 Å². The van der Waals surface area contributed by atoms with Crippen molar-refractivity contribution in [3.05, 3.63) is 0 Å². The molecule has 1 atom stereocenters. The molecule has 0 aromatic carbocycles. The first-order valence-corrected chi connectivity index (χ1v) is 3.73. The molecule has 1 nitrogen and oxygen atoms in total. The molecule has 0 aromatic rings. The van der Waals surface area contributed by atoms with Gasteiger partial charge in [-0.25, -0.2) is 4.39 Å². The molecular formula is C4H7FOS. The van der Waals surface area contributed by atoms with E-state index in [1.165, 1.54) is 6.26 Å². The lowest BCUT2D eigenvalue weighted by Gasteiger charge is -1.93. The quantitative estimate of drug-likeness (QED) is 0.503. The van der Waals surface area contributed by atoms with E-state index < -0.39 is 15.8 Å². The van der Waals surface area contributed by atoms with Crippen LogP contribution < -0.4 is 0 Å². The van der Waals surface area contributed by atoms with Crippen molar-refractivity contribution in [3.63, 3.8) is 0 Å². The summed E-state index contributed by atoms with van der Waals surface area (Å²) in [6, 6.07) is 0. The summed E-state index contributed by atoms with van der Waals surface area (Å²) in [6.07, 6.45) is 2.40. The van der Waals surface area contributed by atoms with Gasteiger partial charge in [-0.2, -0.15) is 0 Å². The topological polar surface area (TPSA) is 17.1 Å². The van der Waals surface area contributed by atoms with E-state index in [1.807, 2.05) is 0 Å². The van der Waals surface area contributed by atoms with Gasteiger partial charge in [-0.3, -0.25) is 4.21 Å². The maximum atomic E-state index is 12.3. The van der Waals surface area contributed by atoms with Gasteiger partial charge in [0.05, 0.1) is 10.8 Å². The van der Waals surface area contributed by atoms with E-state index in [4.69, 9.17) is 0 Å². The third kappa shape index (κ3) is 0.824. The maximum Gasteiger partial charge on any atom is 0.184 e. The van der Waals surface area contributed by atoms with Gasteiger partial charge in [0, 0.05) is 6.26 Å². The highest BCUT2D eigenvalue weighted by Crippen LogP contribution is 2.42. The molecule has 1 unspecified atom stereocenters. The van der Waals surface area contributed by atoms with Crippen molar-refractivity contribution >= 4 is 10.8 Å². The fourth-order valence-corrected chi connectivity index (χ4v) is 1.06. The van der Waals surface area contributed by atoms with E-state index in [0.717, 1.165) is 0 Å². The molecule has 0 spiro atoms. The standard InChI is InChI=1S/C4H7FOS/c1-7(6)4(5)2-3-4/h2-3H2,1H3. The minimum Gasteiger partial charge on any atom is -0.257 e. The highest BCUT2D eigenvalue weighted by Gasteiger charge is 2.47. The highest BCUT2D eigenvalue weighted by atomic mass is 32.2. The highest BCUT2D eigenvalue weighted by molar-refractivity contribution is 7.85. The third-order valence-corrected chi connectivity index (χ3v) is 2.60. The molecule has 42 valence electrons. The second-order valence-electron chi connectivity index (χ2n) is 1.84. The average Bonchev–Trinajstić information content (AvgIpc) is 2.21. The van der Waals surface area contributed by atoms with E-state index in [0.29, 0.717) is 12.8 Å². The second kappa shape index (κ2) is 1.28. The molecule has 1 fully saturated rings. The van der Waals surface area contributed by atoms with E-state index in [1.54, 1.807) is 0 Å². The van der Waals surface area contributed by atoms with Gasteiger partial charge in [0.25, 0.3) is 0 Å². The zero-order chi connectivity index (χ0) is 5.49.